The van der Waals surface area contributed by atoms with Crippen LogP contribution in [0.5, 0.6) is 11.5 Å². The van der Waals surface area contributed by atoms with Gasteiger partial charge in [-0.25, -0.2) is 0 Å². The lowest BCUT2D eigenvalue weighted by atomic mass is 10.1. The van der Waals surface area contributed by atoms with E-state index in [1.807, 2.05) is 72.8 Å². The Kier molecular flexibility index (Phi) is 4.72. The molecule has 4 aromatic carbocycles. The summed E-state index contributed by atoms with van der Waals surface area (Å²) in [5.41, 5.74) is 4.42. The van der Waals surface area contributed by atoms with Crippen LogP contribution >= 0.6 is 11.6 Å². The quantitative estimate of drug-likeness (QED) is 0.368. The molecule has 0 spiro atoms. The van der Waals surface area contributed by atoms with Crippen molar-refractivity contribution < 1.29 is 4.74 Å². The molecule has 0 saturated carbocycles. The molecule has 4 rings (SSSR count). The minimum Gasteiger partial charge on any atom is -0.457 e. The summed E-state index contributed by atoms with van der Waals surface area (Å²) in [5.74, 6) is 1.51. The zero-order valence-electron chi connectivity index (χ0n) is 14.1. The molecule has 0 aromatic heterocycles. The Hall–Kier alpha value is -3.03. The Morgan fingerprint density at radius 2 is 1.04 bits per heavy atom. The van der Waals surface area contributed by atoms with Gasteiger partial charge in [-0.2, -0.15) is 0 Å². The molecule has 0 saturated heterocycles. The van der Waals surface area contributed by atoms with Crippen LogP contribution < -0.4 is 4.74 Å². The summed E-state index contributed by atoms with van der Waals surface area (Å²) < 4.78 is 6.10. The van der Waals surface area contributed by atoms with Crippen LogP contribution in [0, 0.1) is 0 Å². The first-order valence-electron chi connectivity index (χ1n) is 8.47. The van der Waals surface area contributed by atoms with Crippen LogP contribution in [0.2, 0.25) is 5.02 Å². The SMILES string of the molecule is Clc1cc(Oc2cccc(-c3ccccc3)c2)cc(-c2ccccc2)c1. The summed E-state index contributed by atoms with van der Waals surface area (Å²) in [6, 6.07) is 34.3. The highest BCUT2D eigenvalue weighted by atomic mass is 35.5. The van der Waals surface area contributed by atoms with E-state index in [2.05, 4.69) is 30.3 Å². The topological polar surface area (TPSA) is 9.23 Å². The van der Waals surface area contributed by atoms with Crippen molar-refractivity contribution in [2.24, 2.45) is 0 Å². The molecule has 0 unspecified atom stereocenters. The first-order valence-corrected chi connectivity index (χ1v) is 8.85. The van der Waals surface area contributed by atoms with Crippen molar-refractivity contribution in [2.45, 2.75) is 0 Å². The van der Waals surface area contributed by atoms with Crippen LogP contribution in [0.4, 0.5) is 0 Å². The summed E-state index contributed by atoms with van der Waals surface area (Å²) in [6.45, 7) is 0. The summed E-state index contributed by atoms with van der Waals surface area (Å²) in [6.07, 6.45) is 0. The Bertz CT molecular complexity index is 1010. The zero-order valence-corrected chi connectivity index (χ0v) is 14.9. The average Bonchev–Trinajstić information content (AvgIpc) is 2.69. The molecule has 0 aliphatic carbocycles. The number of hydrogen-bond donors (Lipinski definition) is 0. The zero-order chi connectivity index (χ0) is 17.8. The molecular weight excluding hydrogens is 340 g/mol. The maximum Gasteiger partial charge on any atom is 0.129 e. The van der Waals surface area contributed by atoms with Gasteiger partial charge in [0.2, 0.25) is 0 Å². The third kappa shape index (κ3) is 3.79. The summed E-state index contributed by atoms with van der Waals surface area (Å²) in [5, 5.41) is 0.653. The first kappa shape index (κ1) is 16.4. The molecule has 26 heavy (non-hydrogen) atoms. The van der Waals surface area contributed by atoms with Crippen molar-refractivity contribution in [1.29, 1.82) is 0 Å². The second kappa shape index (κ2) is 7.47. The molecule has 0 amide bonds. The third-order valence-electron chi connectivity index (χ3n) is 4.16. The van der Waals surface area contributed by atoms with Crippen molar-refractivity contribution >= 4 is 11.6 Å². The van der Waals surface area contributed by atoms with Gasteiger partial charge in [0.15, 0.2) is 0 Å². The lowest BCUT2D eigenvalue weighted by Gasteiger charge is -2.10. The van der Waals surface area contributed by atoms with E-state index in [1.165, 1.54) is 0 Å². The Balaban J connectivity index is 1.65. The molecule has 4 aromatic rings. The van der Waals surface area contributed by atoms with Gasteiger partial charge >= 0.3 is 0 Å². The molecule has 2 heteroatoms. The van der Waals surface area contributed by atoms with Crippen LogP contribution in [0.1, 0.15) is 0 Å². The van der Waals surface area contributed by atoms with Crippen LogP contribution in [-0.2, 0) is 0 Å². The van der Waals surface area contributed by atoms with E-state index in [4.69, 9.17) is 16.3 Å². The van der Waals surface area contributed by atoms with E-state index in [1.54, 1.807) is 0 Å². The van der Waals surface area contributed by atoms with Crippen LogP contribution in [-0.4, -0.2) is 0 Å². The largest absolute Gasteiger partial charge is 0.457 e. The van der Waals surface area contributed by atoms with Gasteiger partial charge < -0.3 is 4.74 Å². The van der Waals surface area contributed by atoms with Crippen molar-refractivity contribution in [2.75, 3.05) is 0 Å². The molecule has 0 atom stereocenters. The van der Waals surface area contributed by atoms with Crippen LogP contribution in [0.3, 0.4) is 0 Å². The minimum absolute atomic E-state index is 0.653. The molecular formula is C24H17ClO. The van der Waals surface area contributed by atoms with Gasteiger partial charge in [0.1, 0.15) is 11.5 Å². The average molecular weight is 357 g/mol. The lowest BCUT2D eigenvalue weighted by Crippen LogP contribution is -1.87. The Labute approximate surface area is 158 Å². The standard InChI is InChI=1S/C24H17ClO/c25-22-14-21(19-10-5-2-6-11-19)16-24(17-22)26-23-13-7-12-20(15-23)18-8-3-1-4-9-18/h1-17H. The highest BCUT2D eigenvalue weighted by Gasteiger charge is 2.06. The monoisotopic (exact) mass is 356 g/mol. The molecule has 0 aliphatic heterocycles. The molecule has 0 aliphatic rings. The Morgan fingerprint density at radius 3 is 1.73 bits per heavy atom. The van der Waals surface area contributed by atoms with Crippen molar-refractivity contribution in [3.63, 3.8) is 0 Å². The second-order valence-corrected chi connectivity index (χ2v) is 6.47. The normalized spacial score (nSPS) is 10.5. The van der Waals surface area contributed by atoms with E-state index in [-0.39, 0.29) is 0 Å². The predicted octanol–water partition coefficient (Wildman–Crippen LogP) is 7.47. The molecule has 0 N–H and O–H groups in total. The van der Waals surface area contributed by atoms with Gasteiger partial charge in [-0.3, -0.25) is 0 Å². The fourth-order valence-electron chi connectivity index (χ4n) is 2.92. The number of halogens is 1. The highest BCUT2D eigenvalue weighted by molar-refractivity contribution is 6.31. The van der Waals surface area contributed by atoms with E-state index in [9.17, 15) is 0 Å². The highest BCUT2D eigenvalue weighted by Crippen LogP contribution is 2.32. The van der Waals surface area contributed by atoms with Gasteiger partial charge in [0, 0.05) is 5.02 Å². The maximum absolute atomic E-state index is 6.31. The van der Waals surface area contributed by atoms with Gasteiger partial charge in [0.05, 0.1) is 0 Å². The van der Waals surface area contributed by atoms with Crippen molar-refractivity contribution in [3.05, 3.63) is 108 Å². The lowest BCUT2D eigenvalue weighted by molar-refractivity contribution is 0.483. The number of benzene rings is 4. The van der Waals surface area contributed by atoms with Gasteiger partial charge in [-0.1, -0.05) is 84.4 Å². The molecule has 0 fully saturated rings. The second-order valence-electron chi connectivity index (χ2n) is 6.04. The van der Waals surface area contributed by atoms with E-state index in [0.29, 0.717) is 5.02 Å². The molecule has 1 nitrogen and oxygen atoms in total. The summed E-state index contributed by atoms with van der Waals surface area (Å²) in [4.78, 5) is 0. The predicted molar refractivity (Wildman–Crippen MR) is 109 cm³/mol. The maximum atomic E-state index is 6.31. The number of hydrogen-bond acceptors (Lipinski definition) is 1. The van der Waals surface area contributed by atoms with Gasteiger partial charge in [0.25, 0.3) is 0 Å². The van der Waals surface area contributed by atoms with Crippen molar-refractivity contribution in [1.82, 2.24) is 0 Å². The van der Waals surface area contributed by atoms with Crippen molar-refractivity contribution in [3.8, 4) is 33.8 Å². The summed E-state index contributed by atoms with van der Waals surface area (Å²) >= 11 is 6.31. The molecule has 0 heterocycles. The first-order chi connectivity index (χ1) is 12.8. The molecule has 0 radical (unpaired) electrons. The molecule has 0 bridgehead atoms. The van der Waals surface area contributed by atoms with E-state index >= 15 is 0 Å². The van der Waals surface area contributed by atoms with Gasteiger partial charge in [-0.05, 0) is 52.6 Å². The van der Waals surface area contributed by atoms with Crippen LogP contribution in [0.15, 0.2) is 103 Å². The summed E-state index contributed by atoms with van der Waals surface area (Å²) in [7, 11) is 0. The van der Waals surface area contributed by atoms with E-state index in [0.717, 1.165) is 33.8 Å². The fourth-order valence-corrected chi connectivity index (χ4v) is 3.15. The minimum atomic E-state index is 0.653. The molecule has 126 valence electrons. The number of ether oxygens (including phenoxy) is 1. The van der Waals surface area contributed by atoms with Crippen LogP contribution in [0.25, 0.3) is 22.3 Å². The third-order valence-corrected chi connectivity index (χ3v) is 4.37. The smallest absolute Gasteiger partial charge is 0.129 e. The Morgan fingerprint density at radius 1 is 0.462 bits per heavy atom. The van der Waals surface area contributed by atoms with Gasteiger partial charge in [-0.15, -0.1) is 0 Å². The fraction of sp³-hybridized carbons (Fsp3) is 0. The van der Waals surface area contributed by atoms with E-state index < -0.39 is 0 Å². The number of rotatable bonds is 4.